The zero-order chi connectivity index (χ0) is 15.2. The smallest absolute Gasteiger partial charge is 0.234 e. The van der Waals surface area contributed by atoms with Gasteiger partial charge in [0.2, 0.25) is 11.8 Å². The number of nitrogens with one attached hydrogen (secondary N) is 1. The van der Waals surface area contributed by atoms with E-state index in [1.54, 1.807) is 0 Å². The molecule has 0 unspecified atom stereocenters. The first-order valence-corrected chi connectivity index (χ1v) is 7.93. The number of nitrogens with two attached hydrogens (primary N) is 1. The lowest BCUT2D eigenvalue weighted by atomic mass is 10.2. The molecule has 0 bridgehead atoms. The third-order valence-electron chi connectivity index (χ3n) is 3.37. The molecule has 21 heavy (non-hydrogen) atoms. The second kappa shape index (κ2) is 7.37. The van der Waals surface area contributed by atoms with Gasteiger partial charge in [0.1, 0.15) is 0 Å². The number of aromatic nitrogens is 1. The second-order valence-corrected chi connectivity index (χ2v) is 5.85. The van der Waals surface area contributed by atoms with Crippen molar-refractivity contribution in [3.63, 3.8) is 0 Å². The number of nitrogen functional groups attached to an aromatic ring is 1. The summed E-state index contributed by atoms with van der Waals surface area (Å²) in [7, 11) is 0. The summed E-state index contributed by atoms with van der Waals surface area (Å²) in [6.07, 6.45) is 0.296. The van der Waals surface area contributed by atoms with E-state index >= 15 is 0 Å². The maximum absolute atomic E-state index is 12.2. The molecule has 0 atom stereocenters. The van der Waals surface area contributed by atoms with Crippen LogP contribution in [0.5, 0.6) is 0 Å². The number of carbonyl (C=O) groups is 2. The maximum atomic E-state index is 12.2. The Labute approximate surface area is 128 Å². The molecule has 2 amide bonds. The van der Waals surface area contributed by atoms with Crippen LogP contribution in [0.4, 0.5) is 5.13 Å². The van der Waals surface area contributed by atoms with Gasteiger partial charge in [-0.25, -0.2) is 4.98 Å². The molecule has 1 aliphatic heterocycles. The maximum Gasteiger partial charge on any atom is 0.234 e. The van der Waals surface area contributed by atoms with Gasteiger partial charge < -0.3 is 16.0 Å². The lowest BCUT2D eigenvalue weighted by Crippen LogP contribution is -2.51. The fraction of sp³-hybridized carbons (Fsp3) is 0.615. The molecule has 8 heteroatoms. The second-order valence-electron chi connectivity index (χ2n) is 4.96. The third-order valence-corrected chi connectivity index (χ3v) is 4.09. The first-order valence-electron chi connectivity index (χ1n) is 7.05. The van der Waals surface area contributed by atoms with Crippen LogP contribution >= 0.6 is 11.3 Å². The molecule has 3 N–H and O–H groups in total. The topological polar surface area (TPSA) is 91.6 Å². The van der Waals surface area contributed by atoms with Crippen LogP contribution in [0.15, 0.2) is 5.38 Å². The Bertz CT molecular complexity index is 497. The Kier molecular flexibility index (Phi) is 5.51. The van der Waals surface area contributed by atoms with E-state index in [9.17, 15) is 9.59 Å². The molecule has 0 radical (unpaired) electrons. The SMILES string of the molecule is CCNC(=O)CN1CCN(C(=O)Cc2csc(N)n2)CC1. The first-order chi connectivity index (χ1) is 10.1. The predicted molar refractivity (Wildman–Crippen MR) is 81.9 cm³/mol. The minimum Gasteiger partial charge on any atom is -0.375 e. The first kappa shape index (κ1) is 15.7. The van der Waals surface area contributed by atoms with E-state index in [1.165, 1.54) is 11.3 Å². The molecule has 1 aliphatic rings. The van der Waals surface area contributed by atoms with Crippen LogP contribution in [0.1, 0.15) is 12.6 Å². The molecule has 2 heterocycles. The molecule has 116 valence electrons. The average Bonchev–Trinajstić information content (AvgIpc) is 2.85. The average molecular weight is 311 g/mol. The van der Waals surface area contributed by atoms with Crippen molar-refractivity contribution in [1.29, 1.82) is 0 Å². The molecule has 0 saturated carbocycles. The molecular formula is C13H21N5O2S. The normalized spacial score (nSPS) is 16.0. The molecular weight excluding hydrogens is 290 g/mol. The molecule has 1 aromatic heterocycles. The highest BCUT2D eigenvalue weighted by Gasteiger charge is 2.22. The fourth-order valence-electron chi connectivity index (χ4n) is 2.28. The summed E-state index contributed by atoms with van der Waals surface area (Å²) < 4.78 is 0. The Morgan fingerprint density at radius 2 is 2.10 bits per heavy atom. The van der Waals surface area contributed by atoms with Crippen molar-refractivity contribution in [3.8, 4) is 0 Å². The van der Waals surface area contributed by atoms with E-state index in [2.05, 4.69) is 15.2 Å². The van der Waals surface area contributed by atoms with Crippen LogP contribution in [0.2, 0.25) is 0 Å². The number of hydrogen-bond acceptors (Lipinski definition) is 6. The fourth-order valence-corrected chi connectivity index (χ4v) is 2.84. The van der Waals surface area contributed by atoms with Gasteiger partial charge in [-0.2, -0.15) is 0 Å². The summed E-state index contributed by atoms with van der Waals surface area (Å²) in [5, 5.41) is 5.09. The van der Waals surface area contributed by atoms with Crippen molar-refractivity contribution in [3.05, 3.63) is 11.1 Å². The number of hydrogen-bond donors (Lipinski definition) is 2. The summed E-state index contributed by atoms with van der Waals surface area (Å²) in [6, 6.07) is 0. The number of likely N-dealkylation sites (N-methyl/N-ethyl adjacent to an activating group) is 1. The van der Waals surface area contributed by atoms with Crippen molar-refractivity contribution in [2.24, 2.45) is 0 Å². The van der Waals surface area contributed by atoms with Crippen LogP contribution in [0, 0.1) is 0 Å². The molecule has 0 spiro atoms. The van der Waals surface area contributed by atoms with Gasteiger partial charge in [-0.15, -0.1) is 11.3 Å². The zero-order valence-electron chi connectivity index (χ0n) is 12.2. The van der Waals surface area contributed by atoms with Crippen LogP contribution in [-0.2, 0) is 16.0 Å². The molecule has 1 aromatic rings. The van der Waals surface area contributed by atoms with Crippen molar-refractivity contribution >= 4 is 28.3 Å². The largest absolute Gasteiger partial charge is 0.375 e. The summed E-state index contributed by atoms with van der Waals surface area (Å²) in [4.78, 5) is 31.7. The van der Waals surface area contributed by atoms with Gasteiger partial charge in [-0.05, 0) is 6.92 Å². The number of anilines is 1. The quantitative estimate of drug-likeness (QED) is 0.768. The minimum atomic E-state index is 0.0372. The summed E-state index contributed by atoms with van der Waals surface area (Å²) in [5.41, 5.74) is 6.29. The number of carbonyl (C=O) groups excluding carboxylic acids is 2. The van der Waals surface area contributed by atoms with Crippen molar-refractivity contribution in [1.82, 2.24) is 20.1 Å². The van der Waals surface area contributed by atoms with Gasteiger partial charge >= 0.3 is 0 Å². The molecule has 0 aromatic carbocycles. The number of piperazine rings is 1. The van der Waals surface area contributed by atoms with Crippen molar-refractivity contribution in [2.45, 2.75) is 13.3 Å². The van der Waals surface area contributed by atoms with Gasteiger partial charge in [0.05, 0.1) is 18.7 Å². The Hall–Kier alpha value is -1.67. The predicted octanol–water partition coefficient (Wildman–Crippen LogP) is -0.452. The molecule has 1 saturated heterocycles. The van der Waals surface area contributed by atoms with E-state index in [-0.39, 0.29) is 11.8 Å². The van der Waals surface area contributed by atoms with Crippen LogP contribution in [0.3, 0.4) is 0 Å². The van der Waals surface area contributed by atoms with Crippen LogP contribution in [-0.4, -0.2) is 65.9 Å². The van der Waals surface area contributed by atoms with E-state index in [4.69, 9.17) is 5.73 Å². The van der Waals surface area contributed by atoms with Gasteiger partial charge in [0, 0.05) is 38.1 Å². The lowest BCUT2D eigenvalue weighted by molar-refractivity contribution is -0.132. The Balaban J connectivity index is 1.75. The van der Waals surface area contributed by atoms with Crippen LogP contribution in [0.25, 0.3) is 0 Å². The van der Waals surface area contributed by atoms with E-state index in [0.717, 1.165) is 18.8 Å². The molecule has 7 nitrogen and oxygen atoms in total. The highest BCUT2D eigenvalue weighted by Crippen LogP contribution is 2.13. The summed E-state index contributed by atoms with van der Waals surface area (Å²) >= 11 is 1.35. The minimum absolute atomic E-state index is 0.0372. The van der Waals surface area contributed by atoms with Crippen molar-refractivity contribution < 1.29 is 9.59 Å². The van der Waals surface area contributed by atoms with Crippen LogP contribution < -0.4 is 11.1 Å². The number of nitrogens with zero attached hydrogens (tertiary/aromatic N) is 3. The van der Waals surface area contributed by atoms with E-state index in [0.29, 0.717) is 37.7 Å². The molecule has 2 rings (SSSR count). The Morgan fingerprint density at radius 1 is 1.38 bits per heavy atom. The molecule has 0 aliphatic carbocycles. The number of rotatable bonds is 5. The summed E-state index contributed by atoms with van der Waals surface area (Å²) in [5.74, 6) is 0.105. The van der Waals surface area contributed by atoms with Gasteiger partial charge in [0.15, 0.2) is 5.13 Å². The monoisotopic (exact) mass is 311 g/mol. The van der Waals surface area contributed by atoms with Gasteiger partial charge in [0.25, 0.3) is 0 Å². The van der Waals surface area contributed by atoms with Gasteiger partial charge in [-0.1, -0.05) is 0 Å². The highest BCUT2D eigenvalue weighted by atomic mass is 32.1. The van der Waals surface area contributed by atoms with E-state index < -0.39 is 0 Å². The van der Waals surface area contributed by atoms with E-state index in [1.807, 2.05) is 17.2 Å². The third kappa shape index (κ3) is 4.68. The van der Waals surface area contributed by atoms with Crippen molar-refractivity contribution in [2.75, 3.05) is 45.0 Å². The lowest BCUT2D eigenvalue weighted by Gasteiger charge is -2.34. The Morgan fingerprint density at radius 3 is 2.67 bits per heavy atom. The van der Waals surface area contributed by atoms with Gasteiger partial charge in [-0.3, -0.25) is 14.5 Å². The molecule has 1 fully saturated rings. The highest BCUT2D eigenvalue weighted by molar-refractivity contribution is 7.13. The number of thiazole rings is 1. The standard InChI is InChI=1S/C13H21N5O2S/c1-2-15-11(19)8-17-3-5-18(6-4-17)12(20)7-10-9-21-13(14)16-10/h9H,2-8H2,1H3,(H2,14,16)(H,15,19). The summed E-state index contributed by atoms with van der Waals surface area (Å²) in [6.45, 7) is 5.70. The zero-order valence-corrected chi connectivity index (χ0v) is 13.0. The number of amides is 2.